The fraction of sp³-hybridized carbons (Fsp3) is 0.278. The van der Waals surface area contributed by atoms with Crippen LogP contribution in [0, 0.1) is 0 Å². The number of hydrogen-bond donors (Lipinski definition) is 2. The van der Waals surface area contributed by atoms with Crippen LogP contribution in [0.2, 0.25) is 0 Å². The Kier molecular flexibility index (Phi) is 4.78. The van der Waals surface area contributed by atoms with E-state index in [9.17, 15) is 13.2 Å². The van der Waals surface area contributed by atoms with Crippen molar-refractivity contribution in [1.29, 1.82) is 0 Å². The van der Waals surface area contributed by atoms with Gasteiger partial charge in [0, 0.05) is 12.0 Å². The summed E-state index contributed by atoms with van der Waals surface area (Å²) in [6, 6.07) is 15.2. The number of carbonyl (C=O) groups is 1. The summed E-state index contributed by atoms with van der Waals surface area (Å²) in [4.78, 5) is 11.9. The molecule has 2 aromatic rings. The first-order valence-electron chi connectivity index (χ1n) is 7.92. The first kappa shape index (κ1) is 17.4. The minimum absolute atomic E-state index is 0.0602. The van der Waals surface area contributed by atoms with Crippen LogP contribution in [-0.4, -0.2) is 37.5 Å². The Morgan fingerprint density at radius 1 is 1.12 bits per heavy atom. The van der Waals surface area contributed by atoms with Crippen LogP contribution in [-0.2, 0) is 14.9 Å². The summed E-state index contributed by atoms with van der Waals surface area (Å²) in [5.74, 6) is -0.618. The van der Waals surface area contributed by atoms with Crippen molar-refractivity contribution in [2.75, 3.05) is 12.4 Å². The van der Waals surface area contributed by atoms with Crippen LogP contribution in [0.5, 0.6) is 0 Å². The van der Waals surface area contributed by atoms with Crippen molar-refractivity contribution in [3.8, 4) is 11.1 Å². The minimum Gasteiger partial charge on any atom is -0.449 e. The molecule has 0 fully saturated rings. The van der Waals surface area contributed by atoms with Gasteiger partial charge < -0.3 is 10.1 Å². The molecule has 132 valence electrons. The maximum absolute atomic E-state index is 11.9. The molecule has 1 aliphatic carbocycles. The normalized spacial score (nSPS) is 14.5. The zero-order valence-electron chi connectivity index (χ0n) is 13.7. The number of nitrogens with one attached hydrogen (secondary N) is 1. The fourth-order valence-corrected chi connectivity index (χ4v) is 3.91. The number of alkyl carbamates (subject to hydrolysis) is 1. The second kappa shape index (κ2) is 6.85. The van der Waals surface area contributed by atoms with E-state index in [1.54, 1.807) is 0 Å². The SMILES string of the molecule is C[C@@H](CS(=O)(=O)O)NC(=O)OCC1c2ccccc2-c2ccccc21. The molecule has 0 spiro atoms. The first-order chi connectivity index (χ1) is 11.8. The summed E-state index contributed by atoms with van der Waals surface area (Å²) in [6.45, 7) is 1.63. The number of hydrogen-bond acceptors (Lipinski definition) is 4. The Hall–Kier alpha value is -2.38. The Morgan fingerprint density at radius 3 is 2.16 bits per heavy atom. The molecule has 0 aliphatic heterocycles. The lowest BCUT2D eigenvalue weighted by Gasteiger charge is -2.16. The largest absolute Gasteiger partial charge is 0.449 e. The van der Waals surface area contributed by atoms with E-state index in [-0.39, 0.29) is 12.5 Å². The van der Waals surface area contributed by atoms with Crippen LogP contribution in [0.4, 0.5) is 4.79 Å². The van der Waals surface area contributed by atoms with Crippen LogP contribution in [0.1, 0.15) is 24.0 Å². The smallest absolute Gasteiger partial charge is 0.407 e. The van der Waals surface area contributed by atoms with Gasteiger partial charge in [0.2, 0.25) is 0 Å². The highest BCUT2D eigenvalue weighted by Crippen LogP contribution is 2.44. The molecule has 0 bridgehead atoms. The van der Waals surface area contributed by atoms with Gasteiger partial charge in [-0.2, -0.15) is 8.42 Å². The summed E-state index contributed by atoms with van der Waals surface area (Å²) in [7, 11) is -4.15. The third-order valence-electron chi connectivity index (χ3n) is 4.17. The molecule has 0 saturated heterocycles. The van der Waals surface area contributed by atoms with Crippen LogP contribution < -0.4 is 5.32 Å². The van der Waals surface area contributed by atoms with Crippen LogP contribution in [0.25, 0.3) is 11.1 Å². The summed E-state index contributed by atoms with van der Waals surface area (Å²) in [6.07, 6.45) is -0.710. The Morgan fingerprint density at radius 2 is 1.64 bits per heavy atom. The summed E-state index contributed by atoms with van der Waals surface area (Å²) >= 11 is 0. The molecule has 0 aromatic heterocycles. The van der Waals surface area contributed by atoms with E-state index < -0.39 is 28.0 Å². The molecule has 0 heterocycles. The highest BCUT2D eigenvalue weighted by atomic mass is 32.2. The molecule has 7 heteroatoms. The lowest BCUT2D eigenvalue weighted by molar-refractivity contribution is 0.140. The molecule has 2 aromatic carbocycles. The molecule has 0 saturated carbocycles. The Balaban J connectivity index is 1.68. The van der Waals surface area contributed by atoms with Gasteiger partial charge in [-0.25, -0.2) is 4.79 Å². The lowest BCUT2D eigenvalue weighted by atomic mass is 9.98. The van der Waals surface area contributed by atoms with E-state index in [0.29, 0.717) is 0 Å². The van der Waals surface area contributed by atoms with Gasteiger partial charge in [-0.1, -0.05) is 48.5 Å². The fourth-order valence-electron chi connectivity index (χ4n) is 3.20. The van der Waals surface area contributed by atoms with Crippen LogP contribution >= 0.6 is 0 Å². The van der Waals surface area contributed by atoms with Gasteiger partial charge in [0.25, 0.3) is 10.1 Å². The van der Waals surface area contributed by atoms with E-state index in [4.69, 9.17) is 9.29 Å². The molecule has 2 N–H and O–H groups in total. The number of amides is 1. The molecule has 0 unspecified atom stereocenters. The molecule has 3 rings (SSSR count). The summed E-state index contributed by atoms with van der Waals surface area (Å²) < 4.78 is 35.8. The monoisotopic (exact) mass is 361 g/mol. The second-order valence-electron chi connectivity index (χ2n) is 6.12. The third kappa shape index (κ3) is 4.00. The van der Waals surface area contributed by atoms with E-state index in [1.165, 1.54) is 6.92 Å². The van der Waals surface area contributed by atoms with Gasteiger partial charge in [0.05, 0.1) is 5.75 Å². The lowest BCUT2D eigenvalue weighted by Crippen LogP contribution is -2.38. The van der Waals surface area contributed by atoms with Gasteiger partial charge in [-0.05, 0) is 29.2 Å². The van der Waals surface area contributed by atoms with Gasteiger partial charge in [0.15, 0.2) is 0 Å². The Bertz CT molecular complexity index is 848. The van der Waals surface area contributed by atoms with Crippen molar-refractivity contribution in [1.82, 2.24) is 5.32 Å². The Labute approximate surface area is 146 Å². The maximum Gasteiger partial charge on any atom is 0.407 e. The molecule has 1 atom stereocenters. The van der Waals surface area contributed by atoms with E-state index in [0.717, 1.165) is 22.3 Å². The van der Waals surface area contributed by atoms with Gasteiger partial charge in [-0.15, -0.1) is 0 Å². The van der Waals surface area contributed by atoms with Crippen molar-refractivity contribution in [3.05, 3.63) is 59.7 Å². The molecule has 6 nitrogen and oxygen atoms in total. The molecule has 25 heavy (non-hydrogen) atoms. The number of carbonyl (C=O) groups excluding carboxylic acids is 1. The van der Waals surface area contributed by atoms with Crippen molar-refractivity contribution < 1.29 is 22.5 Å². The van der Waals surface area contributed by atoms with E-state index in [1.807, 2.05) is 48.5 Å². The molecular weight excluding hydrogens is 342 g/mol. The van der Waals surface area contributed by atoms with Gasteiger partial charge in [-0.3, -0.25) is 4.55 Å². The van der Waals surface area contributed by atoms with Gasteiger partial charge >= 0.3 is 6.09 Å². The molecular formula is C18H19NO5S. The predicted octanol–water partition coefficient (Wildman–Crippen LogP) is 2.80. The topological polar surface area (TPSA) is 92.7 Å². The zero-order chi connectivity index (χ0) is 18.0. The molecule has 1 amide bonds. The highest BCUT2D eigenvalue weighted by molar-refractivity contribution is 7.85. The number of ether oxygens (including phenoxy) is 1. The quantitative estimate of drug-likeness (QED) is 0.799. The van der Waals surface area contributed by atoms with Crippen molar-refractivity contribution in [2.45, 2.75) is 18.9 Å². The standard InChI is InChI=1S/C18H19NO5S/c1-12(11-25(21,22)23)19-18(20)24-10-17-15-8-4-2-6-13(15)14-7-3-5-9-16(14)17/h2-9,12,17H,10-11H2,1H3,(H,19,20)(H,21,22,23)/t12-/m0/s1. The third-order valence-corrected chi connectivity index (χ3v) is 5.09. The van der Waals surface area contributed by atoms with Crippen molar-refractivity contribution in [3.63, 3.8) is 0 Å². The predicted molar refractivity (Wildman–Crippen MR) is 94.1 cm³/mol. The average Bonchev–Trinajstić information content (AvgIpc) is 2.85. The maximum atomic E-state index is 11.9. The highest BCUT2D eigenvalue weighted by Gasteiger charge is 2.29. The van der Waals surface area contributed by atoms with Crippen molar-refractivity contribution >= 4 is 16.2 Å². The van der Waals surface area contributed by atoms with Crippen LogP contribution in [0.3, 0.4) is 0 Å². The number of benzene rings is 2. The molecule has 1 aliphatic rings. The first-order valence-corrected chi connectivity index (χ1v) is 9.53. The van der Waals surface area contributed by atoms with E-state index >= 15 is 0 Å². The van der Waals surface area contributed by atoms with E-state index in [2.05, 4.69) is 5.32 Å². The van der Waals surface area contributed by atoms with Gasteiger partial charge in [0.1, 0.15) is 6.61 Å². The zero-order valence-corrected chi connectivity index (χ0v) is 14.5. The number of rotatable bonds is 5. The van der Waals surface area contributed by atoms with Crippen molar-refractivity contribution in [2.24, 2.45) is 0 Å². The molecule has 0 radical (unpaired) electrons. The minimum atomic E-state index is -4.15. The average molecular weight is 361 g/mol. The van der Waals surface area contributed by atoms with Crippen LogP contribution in [0.15, 0.2) is 48.5 Å². The second-order valence-corrected chi connectivity index (χ2v) is 7.62. The summed E-state index contributed by atoms with van der Waals surface area (Å²) in [5.41, 5.74) is 4.46. The number of fused-ring (bicyclic) bond motifs is 3. The summed E-state index contributed by atoms with van der Waals surface area (Å²) in [5, 5.41) is 2.41.